The number of benzene rings is 1. The van der Waals surface area contributed by atoms with E-state index in [-0.39, 0.29) is 5.54 Å². The van der Waals surface area contributed by atoms with Gasteiger partial charge in [0.25, 0.3) is 0 Å². The molecule has 0 N–H and O–H groups in total. The van der Waals surface area contributed by atoms with Gasteiger partial charge in [0, 0.05) is 0 Å². The Bertz CT molecular complexity index is 472. The van der Waals surface area contributed by atoms with Gasteiger partial charge in [-0.25, -0.2) is 0 Å². The summed E-state index contributed by atoms with van der Waals surface area (Å²) >= 11 is 0.370. The third-order valence-corrected chi connectivity index (χ3v) is 4.59. The summed E-state index contributed by atoms with van der Waals surface area (Å²) in [5.41, 5.74) is 2.37. The minimum absolute atomic E-state index is 0.0227. The summed E-state index contributed by atoms with van der Waals surface area (Å²) in [6.07, 6.45) is 0. The van der Waals surface area contributed by atoms with Crippen molar-refractivity contribution in [1.29, 1.82) is 0 Å². The molecule has 0 saturated carbocycles. The zero-order valence-electron chi connectivity index (χ0n) is 11.3. The third kappa shape index (κ3) is 3.44. The molecular formula is C14H19N3Se. The molecule has 0 aromatic heterocycles. The van der Waals surface area contributed by atoms with Gasteiger partial charge in [-0.05, 0) is 0 Å². The molecule has 0 amide bonds. The molecule has 0 radical (unpaired) electrons. The van der Waals surface area contributed by atoms with Crippen molar-refractivity contribution in [1.82, 2.24) is 5.01 Å². The van der Waals surface area contributed by atoms with Gasteiger partial charge in [-0.2, -0.15) is 0 Å². The first-order valence-corrected chi connectivity index (χ1v) is 8.12. The normalized spacial score (nSPS) is 19.0. The number of aliphatic imine (C=N–C) groups is 1. The van der Waals surface area contributed by atoms with Crippen LogP contribution in [0.15, 0.2) is 40.4 Å². The first-order valence-electron chi connectivity index (χ1n) is 6.05. The molecule has 2 rings (SSSR count). The molecule has 1 aliphatic rings. The fourth-order valence-corrected chi connectivity index (χ4v) is 3.86. The van der Waals surface area contributed by atoms with E-state index >= 15 is 0 Å². The molecule has 0 bridgehead atoms. The molecule has 1 aromatic carbocycles. The van der Waals surface area contributed by atoms with Crippen LogP contribution in [0.2, 0.25) is 5.32 Å². The van der Waals surface area contributed by atoms with Crippen LogP contribution in [0.4, 0.5) is 0 Å². The van der Waals surface area contributed by atoms with Crippen molar-refractivity contribution in [2.24, 2.45) is 10.1 Å². The molecule has 1 aromatic rings. The molecule has 1 aliphatic heterocycles. The van der Waals surface area contributed by atoms with E-state index in [1.807, 2.05) is 18.1 Å². The zero-order valence-corrected chi connectivity index (χ0v) is 13.1. The third-order valence-electron chi connectivity index (χ3n) is 2.42. The maximum absolute atomic E-state index is 4.74. The molecule has 1 heterocycles. The summed E-state index contributed by atoms with van der Waals surface area (Å²) in [5, 5.41) is 7.62. The van der Waals surface area contributed by atoms with E-state index in [1.54, 1.807) is 0 Å². The van der Waals surface area contributed by atoms with Crippen LogP contribution in [0, 0.1) is 0 Å². The van der Waals surface area contributed by atoms with Crippen molar-refractivity contribution in [3.05, 3.63) is 35.9 Å². The average molecular weight is 308 g/mol. The quantitative estimate of drug-likeness (QED) is 0.733. The van der Waals surface area contributed by atoms with E-state index in [4.69, 9.17) is 4.99 Å². The second-order valence-corrected chi connectivity index (χ2v) is 7.27. The van der Waals surface area contributed by atoms with E-state index in [0.29, 0.717) is 15.0 Å². The van der Waals surface area contributed by atoms with Gasteiger partial charge in [0.15, 0.2) is 0 Å². The van der Waals surface area contributed by atoms with Gasteiger partial charge in [-0.3, -0.25) is 0 Å². The number of amidine groups is 1. The van der Waals surface area contributed by atoms with Gasteiger partial charge in [0.2, 0.25) is 0 Å². The molecule has 0 spiro atoms. The van der Waals surface area contributed by atoms with E-state index in [9.17, 15) is 0 Å². The Kier molecular flexibility index (Phi) is 3.88. The summed E-state index contributed by atoms with van der Waals surface area (Å²) in [5.74, 6) is 0. The van der Waals surface area contributed by atoms with Crippen molar-refractivity contribution >= 4 is 25.4 Å². The van der Waals surface area contributed by atoms with E-state index < -0.39 is 0 Å². The Balaban J connectivity index is 2.22. The fraction of sp³-hybridized carbons (Fsp3) is 0.429. The van der Waals surface area contributed by atoms with Crippen LogP contribution in [0.5, 0.6) is 0 Å². The van der Waals surface area contributed by atoms with Gasteiger partial charge >= 0.3 is 115 Å². The molecule has 0 aliphatic carbocycles. The zero-order chi connectivity index (χ0) is 13.2. The van der Waals surface area contributed by atoms with Crippen molar-refractivity contribution in [2.75, 3.05) is 7.05 Å². The molecule has 18 heavy (non-hydrogen) atoms. The first kappa shape index (κ1) is 13.3. The van der Waals surface area contributed by atoms with Crippen LogP contribution >= 0.6 is 0 Å². The predicted molar refractivity (Wildman–Crippen MR) is 78.5 cm³/mol. The van der Waals surface area contributed by atoms with Crippen molar-refractivity contribution in [3.8, 4) is 0 Å². The molecule has 0 atom stereocenters. The number of hydrazone groups is 1. The van der Waals surface area contributed by atoms with Crippen LogP contribution in [-0.4, -0.2) is 43.0 Å². The van der Waals surface area contributed by atoms with Crippen LogP contribution in [0.3, 0.4) is 0 Å². The number of nitrogens with zero attached hydrogens (tertiary/aromatic N) is 3. The molecule has 0 fully saturated rings. The Morgan fingerprint density at radius 2 is 1.89 bits per heavy atom. The Hall–Kier alpha value is -1.12. The van der Waals surface area contributed by atoms with Crippen LogP contribution < -0.4 is 0 Å². The Morgan fingerprint density at radius 3 is 2.44 bits per heavy atom. The molecular weight excluding hydrogens is 289 g/mol. The molecule has 96 valence electrons. The maximum atomic E-state index is 4.74. The standard InChI is InChI=1S/C14H19N3Se/c1-14(2,3)15-13-17(4)16-12(10-18-13)11-8-6-5-7-9-11/h5-9H,10H2,1-4H3. The summed E-state index contributed by atoms with van der Waals surface area (Å²) in [6.45, 7) is 6.38. The molecule has 0 unspecified atom stereocenters. The second kappa shape index (κ2) is 5.25. The molecule has 0 saturated heterocycles. The summed E-state index contributed by atoms with van der Waals surface area (Å²) in [6, 6.07) is 10.4. The van der Waals surface area contributed by atoms with Gasteiger partial charge in [0.1, 0.15) is 0 Å². The summed E-state index contributed by atoms with van der Waals surface area (Å²) in [4.78, 5) is 4.74. The fourth-order valence-electron chi connectivity index (χ4n) is 1.64. The van der Waals surface area contributed by atoms with Crippen molar-refractivity contribution in [2.45, 2.75) is 31.6 Å². The van der Waals surface area contributed by atoms with Gasteiger partial charge in [0.05, 0.1) is 0 Å². The number of hydrogen-bond acceptors (Lipinski definition) is 2. The van der Waals surface area contributed by atoms with Gasteiger partial charge < -0.3 is 0 Å². The van der Waals surface area contributed by atoms with Crippen molar-refractivity contribution in [3.63, 3.8) is 0 Å². The predicted octanol–water partition coefficient (Wildman–Crippen LogP) is 2.61. The summed E-state index contributed by atoms with van der Waals surface area (Å²) < 4.78 is 1.13. The van der Waals surface area contributed by atoms with Crippen LogP contribution in [0.1, 0.15) is 26.3 Å². The SMILES string of the molecule is CN1N=C(c2ccccc2)C[Se]C1=NC(C)(C)C. The van der Waals surface area contributed by atoms with Gasteiger partial charge in [-0.15, -0.1) is 0 Å². The van der Waals surface area contributed by atoms with Crippen molar-refractivity contribution < 1.29 is 0 Å². The second-order valence-electron chi connectivity index (χ2n) is 5.29. The minimum atomic E-state index is -0.0227. The Morgan fingerprint density at radius 1 is 1.22 bits per heavy atom. The van der Waals surface area contributed by atoms with Crippen LogP contribution in [-0.2, 0) is 0 Å². The molecule has 3 nitrogen and oxygen atoms in total. The molecule has 4 heteroatoms. The number of rotatable bonds is 1. The first-order chi connectivity index (χ1) is 8.46. The topological polar surface area (TPSA) is 28.0 Å². The van der Waals surface area contributed by atoms with Gasteiger partial charge in [-0.1, -0.05) is 0 Å². The van der Waals surface area contributed by atoms with E-state index in [0.717, 1.165) is 10.1 Å². The van der Waals surface area contributed by atoms with E-state index in [2.05, 4.69) is 50.1 Å². The van der Waals surface area contributed by atoms with E-state index in [1.165, 1.54) is 11.3 Å². The number of hydrogen-bond donors (Lipinski definition) is 0. The monoisotopic (exact) mass is 309 g/mol. The van der Waals surface area contributed by atoms with Crippen LogP contribution in [0.25, 0.3) is 0 Å². The summed E-state index contributed by atoms with van der Waals surface area (Å²) in [7, 11) is 1.99. The average Bonchev–Trinajstić information content (AvgIpc) is 2.31. The Labute approximate surface area is 115 Å².